The van der Waals surface area contributed by atoms with Crippen molar-refractivity contribution in [2.45, 2.75) is 129 Å². The van der Waals surface area contributed by atoms with Gasteiger partial charge in [0, 0.05) is 53.9 Å². The van der Waals surface area contributed by atoms with Crippen molar-refractivity contribution >= 4 is 29.0 Å². The first kappa shape index (κ1) is 41.2. The number of para-hydroxylation sites is 2. The number of fused-ring (bicyclic) bond motifs is 2. The lowest BCUT2D eigenvalue weighted by molar-refractivity contribution is -0.438. The molecule has 7 heteroatoms. The number of esters is 1. The number of benzene rings is 2. The van der Waals surface area contributed by atoms with Crippen LogP contribution in [0, 0.1) is 0 Å². The molecule has 2 aromatic rings. The van der Waals surface area contributed by atoms with E-state index in [0.717, 1.165) is 37.2 Å². The minimum absolute atomic E-state index is 0. The summed E-state index contributed by atoms with van der Waals surface area (Å²) in [5, 5.41) is 9.40. The number of halogens is 1. The molecule has 0 spiro atoms. The van der Waals surface area contributed by atoms with Crippen molar-refractivity contribution in [2.24, 2.45) is 0 Å². The highest BCUT2D eigenvalue weighted by molar-refractivity contribution is 6.03. The summed E-state index contributed by atoms with van der Waals surface area (Å²) in [6, 6.07) is 17.1. The van der Waals surface area contributed by atoms with Gasteiger partial charge >= 0.3 is 11.9 Å². The van der Waals surface area contributed by atoms with Gasteiger partial charge in [-0.25, -0.2) is 0 Å². The van der Waals surface area contributed by atoms with E-state index in [2.05, 4.69) is 110 Å². The summed E-state index contributed by atoms with van der Waals surface area (Å²) in [6.07, 6.45) is 20.6. The molecule has 6 nitrogen and oxygen atoms in total. The number of carboxylic acids is 1. The van der Waals surface area contributed by atoms with Gasteiger partial charge in [0.1, 0.15) is 12.1 Å². The molecule has 2 heterocycles. The number of nitrogens with zero attached hydrogens (tertiary/aromatic N) is 2. The maximum atomic E-state index is 11.9. The monoisotopic (exact) mass is 794 g/mol. The SMILES string of the molecule is CC(C)(C)OC(=O)CCCCCCCCCC[N+]1=C(C=CC=CC=C2N(CCC(=O)O)c3ccccc3C2(C)C)C(C)(C)c2ccccc21.[I-]. The van der Waals surface area contributed by atoms with Crippen LogP contribution in [0.4, 0.5) is 11.4 Å². The number of unbranched alkanes of at least 4 members (excludes halogenated alkanes) is 7. The predicted octanol–water partition coefficient (Wildman–Crippen LogP) is 7.19. The predicted molar refractivity (Wildman–Crippen MR) is 202 cm³/mol. The van der Waals surface area contributed by atoms with Crippen LogP contribution in [0.1, 0.15) is 124 Å². The minimum atomic E-state index is -0.787. The van der Waals surface area contributed by atoms with Crippen molar-refractivity contribution in [1.29, 1.82) is 0 Å². The fourth-order valence-electron chi connectivity index (χ4n) is 7.32. The van der Waals surface area contributed by atoms with Crippen LogP contribution in [0.25, 0.3) is 0 Å². The average Bonchev–Trinajstić information content (AvgIpc) is 3.38. The van der Waals surface area contributed by atoms with E-state index in [1.165, 1.54) is 54.6 Å². The minimum Gasteiger partial charge on any atom is -1.00 e. The number of aliphatic carboxylic acids is 1. The Balaban J connectivity index is 0.00000676. The molecule has 2 aliphatic rings. The van der Waals surface area contributed by atoms with Gasteiger partial charge in [0.15, 0.2) is 5.71 Å². The first-order chi connectivity index (χ1) is 23.2. The van der Waals surface area contributed by atoms with Gasteiger partial charge in [-0.2, -0.15) is 4.58 Å². The van der Waals surface area contributed by atoms with Crippen LogP contribution in [-0.4, -0.2) is 46.0 Å². The lowest BCUT2D eigenvalue weighted by atomic mass is 9.81. The Morgan fingerprint density at radius 2 is 1.38 bits per heavy atom. The van der Waals surface area contributed by atoms with Gasteiger partial charge in [0.05, 0.1) is 11.8 Å². The summed E-state index contributed by atoms with van der Waals surface area (Å²) in [7, 11) is 0. The quantitative estimate of drug-likeness (QED) is 0.0605. The van der Waals surface area contributed by atoms with Crippen molar-refractivity contribution in [1.82, 2.24) is 0 Å². The number of hydrogen-bond acceptors (Lipinski definition) is 4. The zero-order valence-corrected chi connectivity index (χ0v) is 33.6. The zero-order valence-electron chi connectivity index (χ0n) is 31.4. The van der Waals surface area contributed by atoms with Crippen molar-refractivity contribution < 1.29 is 48.0 Å². The normalized spacial score (nSPS) is 17.0. The lowest BCUT2D eigenvalue weighted by Crippen LogP contribution is -3.00. The number of carbonyl (C=O) groups excluding carboxylic acids is 1. The lowest BCUT2D eigenvalue weighted by Gasteiger charge is -2.26. The van der Waals surface area contributed by atoms with Crippen LogP contribution in [0.5, 0.6) is 0 Å². The Hall–Kier alpha value is -3.20. The van der Waals surface area contributed by atoms with E-state index in [0.29, 0.717) is 13.0 Å². The number of anilines is 1. The molecule has 0 radical (unpaired) electrons. The first-order valence-electron chi connectivity index (χ1n) is 18.3. The van der Waals surface area contributed by atoms with Gasteiger partial charge in [0.2, 0.25) is 5.69 Å². The average molecular weight is 795 g/mol. The topological polar surface area (TPSA) is 69.9 Å². The molecule has 0 saturated heterocycles. The standard InChI is InChI=1S/C43H58N2O4.HI/c1-41(2,3)49-40(48)29-17-12-10-8-9-11-13-22-31-44-35-25-20-18-23-33(35)42(4,5)37(44)27-15-14-16-28-38-43(6,7)34-24-19-21-26-36(34)45(38)32-30-39(46)47;/h14-16,18-21,23-28H,8-13,17,22,29-32H2,1-7H3;1H. The Morgan fingerprint density at radius 3 is 2.04 bits per heavy atom. The molecule has 0 fully saturated rings. The Bertz CT molecular complexity index is 1590. The van der Waals surface area contributed by atoms with E-state index in [4.69, 9.17) is 4.74 Å². The van der Waals surface area contributed by atoms with E-state index in [1.807, 2.05) is 26.8 Å². The Kier molecular flexibility index (Phi) is 15.1. The van der Waals surface area contributed by atoms with Crippen LogP contribution in [0.3, 0.4) is 0 Å². The van der Waals surface area contributed by atoms with Gasteiger partial charge in [-0.05, 0) is 65.2 Å². The second kappa shape index (κ2) is 18.3. The number of ether oxygens (including phenoxy) is 1. The highest BCUT2D eigenvalue weighted by atomic mass is 127. The number of carbonyl (C=O) groups is 2. The number of hydrogen-bond donors (Lipinski definition) is 1. The molecule has 2 aromatic carbocycles. The van der Waals surface area contributed by atoms with Crippen molar-refractivity contribution in [2.75, 3.05) is 18.0 Å². The summed E-state index contributed by atoms with van der Waals surface area (Å²) >= 11 is 0. The summed E-state index contributed by atoms with van der Waals surface area (Å²) in [4.78, 5) is 25.5. The summed E-state index contributed by atoms with van der Waals surface area (Å²) in [6.45, 7) is 16.3. The Labute approximate surface area is 318 Å². The van der Waals surface area contributed by atoms with Crippen LogP contribution < -0.4 is 28.9 Å². The van der Waals surface area contributed by atoms with Crippen LogP contribution in [0.2, 0.25) is 0 Å². The highest BCUT2D eigenvalue weighted by Crippen LogP contribution is 2.47. The maximum absolute atomic E-state index is 11.9. The van der Waals surface area contributed by atoms with Gasteiger partial charge in [0.25, 0.3) is 0 Å². The van der Waals surface area contributed by atoms with E-state index in [-0.39, 0.29) is 47.2 Å². The summed E-state index contributed by atoms with van der Waals surface area (Å²) in [5.41, 5.74) is 6.71. The van der Waals surface area contributed by atoms with E-state index in [9.17, 15) is 14.7 Å². The molecule has 1 N–H and O–H groups in total. The van der Waals surface area contributed by atoms with Crippen molar-refractivity contribution in [3.8, 4) is 0 Å². The van der Waals surface area contributed by atoms with Crippen molar-refractivity contribution in [3.05, 3.63) is 95.7 Å². The molecule has 0 unspecified atom stereocenters. The number of allylic oxidation sites excluding steroid dienone is 6. The Morgan fingerprint density at radius 1 is 0.780 bits per heavy atom. The van der Waals surface area contributed by atoms with E-state index in [1.54, 1.807) is 0 Å². The van der Waals surface area contributed by atoms with Gasteiger partial charge in [-0.3, -0.25) is 9.59 Å². The third-order valence-electron chi connectivity index (χ3n) is 9.81. The van der Waals surface area contributed by atoms with Gasteiger partial charge in [-0.1, -0.05) is 101 Å². The third-order valence-corrected chi connectivity index (χ3v) is 9.81. The number of carboxylic acid groups (broad SMARTS) is 1. The fourth-order valence-corrected chi connectivity index (χ4v) is 7.32. The fraction of sp³-hybridized carbons (Fsp3) is 0.512. The molecule has 2 aliphatic heterocycles. The molecule has 0 aromatic heterocycles. The highest BCUT2D eigenvalue weighted by Gasteiger charge is 2.44. The molecule has 0 bridgehead atoms. The molecule has 0 saturated carbocycles. The molecular formula is C43H59IN2O4. The third kappa shape index (κ3) is 10.7. The van der Waals surface area contributed by atoms with Crippen LogP contribution >= 0.6 is 0 Å². The van der Waals surface area contributed by atoms with Crippen LogP contribution in [0.15, 0.2) is 84.6 Å². The molecule has 0 atom stereocenters. The van der Waals surface area contributed by atoms with E-state index >= 15 is 0 Å². The molecule has 272 valence electrons. The maximum Gasteiger partial charge on any atom is 0.306 e. The van der Waals surface area contributed by atoms with E-state index < -0.39 is 11.6 Å². The van der Waals surface area contributed by atoms with Gasteiger partial charge < -0.3 is 38.7 Å². The molecule has 4 rings (SSSR count). The molecular weight excluding hydrogens is 735 g/mol. The zero-order chi connectivity index (χ0) is 35.7. The molecule has 0 aliphatic carbocycles. The molecule has 50 heavy (non-hydrogen) atoms. The van der Waals surface area contributed by atoms with Gasteiger partial charge in [-0.15, -0.1) is 0 Å². The van der Waals surface area contributed by atoms with Crippen molar-refractivity contribution in [3.63, 3.8) is 0 Å². The number of rotatable bonds is 17. The first-order valence-corrected chi connectivity index (χ1v) is 18.3. The largest absolute Gasteiger partial charge is 1.00 e. The smallest absolute Gasteiger partial charge is 0.306 e. The second-order valence-electron chi connectivity index (χ2n) is 15.6. The molecule has 0 amide bonds. The second-order valence-corrected chi connectivity index (χ2v) is 15.6. The van der Waals surface area contributed by atoms with Crippen LogP contribution in [-0.2, 0) is 25.2 Å². The summed E-state index contributed by atoms with van der Waals surface area (Å²) in [5.74, 6) is -0.871. The summed E-state index contributed by atoms with van der Waals surface area (Å²) < 4.78 is 7.92.